The van der Waals surface area contributed by atoms with Gasteiger partial charge in [0.1, 0.15) is 17.6 Å². The molecule has 19 heavy (non-hydrogen) atoms. The zero-order valence-electron chi connectivity index (χ0n) is 11.2. The summed E-state index contributed by atoms with van der Waals surface area (Å²) >= 11 is 0. The van der Waals surface area contributed by atoms with Crippen molar-refractivity contribution in [2.24, 2.45) is 12.8 Å². The summed E-state index contributed by atoms with van der Waals surface area (Å²) in [5, 5.41) is 4.13. The summed E-state index contributed by atoms with van der Waals surface area (Å²) < 4.78 is 13.0. The number of benzene rings is 1. The van der Waals surface area contributed by atoms with Crippen molar-refractivity contribution in [2.45, 2.75) is 13.0 Å². The lowest BCUT2D eigenvalue weighted by Crippen LogP contribution is -2.18. The van der Waals surface area contributed by atoms with E-state index < -0.39 is 0 Å². The SMILES string of the molecule is CCOc1ccc(OC(CN)c2cnn(C)c2)cc1. The van der Waals surface area contributed by atoms with Gasteiger partial charge < -0.3 is 15.2 Å². The summed E-state index contributed by atoms with van der Waals surface area (Å²) in [6.07, 6.45) is 3.49. The van der Waals surface area contributed by atoms with Gasteiger partial charge in [0.05, 0.1) is 12.8 Å². The third-order valence-corrected chi connectivity index (χ3v) is 2.72. The quantitative estimate of drug-likeness (QED) is 0.862. The smallest absolute Gasteiger partial charge is 0.139 e. The molecule has 5 heteroatoms. The van der Waals surface area contributed by atoms with Crippen molar-refractivity contribution in [1.82, 2.24) is 9.78 Å². The average Bonchev–Trinajstić information content (AvgIpc) is 2.85. The second-order valence-corrected chi connectivity index (χ2v) is 4.19. The number of rotatable bonds is 6. The molecule has 1 aromatic heterocycles. The molecule has 0 radical (unpaired) electrons. The van der Waals surface area contributed by atoms with Crippen LogP contribution >= 0.6 is 0 Å². The van der Waals surface area contributed by atoms with E-state index in [4.69, 9.17) is 15.2 Å². The minimum absolute atomic E-state index is 0.188. The van der Waals surface area contributed by atoms with Gasteiger partial charge in [-0.3, -0.25) is 4.68 Å². The van der Waals surface area contributed by atoms with Gasteiger partial charge in [0, 0.05) is 25.4 Å². The number of hydrogen-bond donors (Lipinski definition) is 1. The lowest BCUT2D eigenvalue weighted by Gasteiger charge is -2.16. The van der Waals surface area contributed by atoms with E-state index in [2.05, 4.69) is 5.10 Å². The van der Waals surface area contributed by atoms with Crippen LogP contribution in [0.4, 0.5) is 0 Å². The molecular formula is C14H19N3O2. The van der Waals surface area contributed by atoms with Crippen LogP contribution in [0.1, 0.15) is 18.6 Å². The Labute approximate surface area is 112 Å². The molecule has 0 fully saturated rings. The fourth-order valence-electron chi connectivity index (χ4n) is 1.80. The van der Waals surface area contributed by atoms with Crippen molar-refractivity contribution in [2.75, 3.05) is 13.2 Å². The van der Waals surface area contributed by atoms with E-state index in [1.165, 1.54) is 0 Å². The van der Waals surface area contributed by atoms with Crippen LogP contribution in [0.15, 0.2) is 36.7 Å². The predicted molar refractivity (Wildman–Crippen MR) is 73.2 cm³/mol. The molecule has 1 unspecified atom stereocenters. The van der Waals surface area contributed by atoms with Crippen LogP contribution < -0.4 is 15.2 Å². The van der Waals surface area contributed by atoms with Crippen LogP contribution in [-0.2, 0) is 7.05 Å². The molecule has 0 amide bonds. The molecular weight excluding hydrogens is 242 g/mol. The standard InChI is InChI=1S/C14H19N3O2/c1-3-18-12-4-6-13(7-5-12)19-14(8-15)11-9-16-17(2)10-11/h4-7,9-10,14H,3,8,15H2,1-2H3. The van der Waals surface area contributed by atoms with Gasteiger partial charge in [0.2, 0.25) is 0 Å². The molecule has 2 N–H and O–H groups in total. The third-order valence-electron chi connectivity index (χ3n) is 2.72. The van der Waals surface area contributed by atoms with E-state index in [1.54, 1.807) is 10.9 Å². The minimum atomic E-state index is -0.188. The van der Waals surface area contributed by atoms with Gasteiger partial charge in [-0.2, -0.15) is 5.10 Å². The van der Waals surface area contributed by atoms with Crippen LogP contribution in [0.2, 0.25) is 0 Å². The van der Waals surface area contributed by atoms with Crippen LogP contribution in [0.25, 0.3) is 0 Å². The van der Waals surface area contributed by atoms with Crippen LogP contribution in [0.3, 0.4) is 0 Å². The van der Waals surface area contributed by atoms with E-state index in [0.29, 0.717) is 13.2 Å². The second kappa shape index (κ2) is 6.24. The molecule has 2 rings (SSSR count). The number of nitrogens with zero attached hydrogens (tertiary/aromatic N) is 2. The first-order chi connectivity index (χ1) is 9.22. The molecule has 1 heterocycles. The Hall–Kier alpha value is -2.01. The van der Waals surface area contributed by atoms with Crippen molar-refractivity contribution in [3.8, 4) is 11.5 Å². The molecule has 0 saturated carbocycles. The van der Waals surface area contributed by atoms with Gasteiger partial charge in [-0.25, -0.2) is 0 Å². The van der Waals surface area contributed by atoms with Gasteiger partial charge in [-0.05, 0) is 31.2 Å². The van der Waals surface area contributed by atoms with E-state index in [9.17, 15) is 0 Å². The van der Waals surface area contributed by atoms with E-state index in [-0.39, 0.29) is 6.10 Å². The Morgan fingerprint density at radius 3 is 2.47 bits per heavy atom. The molecule has 0 bridgehead atoms. The van der Waals surface area contributed by atoms with Crippen molar-refractivity contribution < 1.29 is 9.47 Å². The highest BCUT2D eigenvalue weighted by Crippen LogP contribution is 2.23. The Morgan fingerprint density at radius 2 is 1.95 bits per heavy atom. The minimum Gasteiger partial charge on any atom is -0.494 e. The molecule has 0 aliphatic carbocycles. The fourth-order valence-corrected chi connectivity index (χ4v) is 1.80. The second-order valence-electron chi connectivity index (χ2n) is 4.19. The Bertz CT molecular complexity index is 508. The van der Waals surface area contributed by atoms with Crippen LogP contribution in [0, 0.1) is 0 Å². The van der Waals surface area contributed by atoms with Crippen LogP contribution in [-0.4, -0.2) is 22.9 Å². The van der Waals surface area contributed by atoms with Crippen molar-refractivity contribution in [1.29, 1.82) is 0 Å². The first-order valence-electron chi connectivity index (χ1n) is 6.31. The van der Waals surface area contributed by atoms with Gasteiger partial charge in [-0.15, -0.1) is 0 Å². The molecule has 102 valence electrons. The maximum absolute atomic E-state index is 5.86. The summed E-state index contributed by atoms with van der Waals surface area (Å²) in [5.41, 5.74) is 6.72. The first-order valence-corrected chi connectivity index (χ1v) is 6.31. The fraction of sp³-hybridized carbons (Fsp3) is 0.357. The Morgan fingerprint density at radius 1 is 1.26 bits per heavy atom. The molecule has 1 atom stereocenters. The molecule has 0 aliphatic heterocycles. The molecule has 5 nitrogen and oxygen atoms in total. The highest BCUT2D eigenvalue weighted by Gasteiger charge is 2.13. The van der Waals surface area contributed by atoms with Crippen LogP contribution in [0.5, 0.6) is 11.5 Å². The van der Waals surface area contributed by atoms with Gasteiger partial charge >= 0.3 is 0 Å². The number of nitrogens with two attached hydrogens (primary N) is 1. The monoisotopic (exact) mass is 261 g/mol. The number of ether oxygens (including phenoxy) is 2. The average molecular weight is 261 g/mol. The lowest BCUT2D eigenvalue weighted by atomic mass is 10.2. The predicted octanol–water partition coefficient (Wildman–Crippen LogP) is 1.90. The number of aromatic nitrogens is 2. The lowest BCUT2D eigenvalue weighted by molar-refractivity contribution is 0.214. The summed E-state index contributed by atoms with van der Waals surface area (Å²) in [6, 6.07) is 7.53. The van der Waals surface area contributed by atoms with Crippen molar-refractivity contribution in [3.05, 3.63) is 42.2 Å². The third kappa shape index (κ3) is 3.48. The zero-order valence-corrected chi connectivity index (χ0v) is 11.2. The summed E-state index contributed by atoms with van der Waals surface area (Å²) in [5.74, 6) is 1.60. The summed E-state index contributed by atoms with van der Waals surface area (Å²) in [6.45, 7) is 3.01. The maximum atomic E-state index is 5.86. The number of aryl methyl sites for hydroxylation is 1. The van der Waals surface area contributed by atoms with Gasteiger partial charge in [0.25, 0.3) is 0 Å². The maximum Gasteiger partial charge on any atom is 0.139 e. The molecule has 1 aromatic carbocycles. The largest absolute Gasteiger partial charge is 0.494 e. The number of hydrogen-bond acceptors (Lipinski definition) is 4. The van der Waals surface area contributed by atoms with E-state index >= 15 is 0 Å². The van der Waals surface area contributed by atoms with Crippen molar-refractivity contribution >= 4 is 0 Å². The van der Waals surface area contributed by atoms with E-state index in [0.717, 1.165) is 17.1 Å². The topological polar surface area (TPSA) is 62.3 Å². The van der Waals surface area contributed by atoms with Crippen molar-refractivity contribution in [3.63, 3.8) is 0 Å². The molecule has 0 saturated heterocycles. The normalized spacial score (nSPS) is 12.2. The summed E-state index contributed by atoms with van der Waals surface area (Å²) in [4.78, 5) is 0. The summed E-state index contributed by atoms with van der Waals surface area (Å²) in [7, 11) is 1.87. The van der Waals surface area contributed by atoms with Gasteiger partial charge in [0.15, 0.2) is 0 Å². The molecule has 0 aliphatic rings. The van der Waals surface area contributed by atoms with Gasteiger partial charge in [-0.1, -0.05) is 0 Å². The highest BCUT2D eigenvalue weighted by molar-refractivity contribution is 5.31. The zero-order chi connectivity index (χ0) is 13.7. The molecule has 2 aromatic rings. The highest BCUT2D eigenvalue weighted by atomic mass is 16.5. The van der Waals surface area contributed by atoms with E-state index in [1.807, 2.05) is 44.4 Å². The molecule has 0 spiro atoms. The Balaban J connectivity index is 2.05. The first kappa shape index (κ1) is 13.4. The Kier molecular flexibility index (Phi) is 4.41.